The Morgan fingerprint density at radius 2 is 1.81 bits per heavy atom. The van der Waals surface area contributed by atoms with Crippen LogP contribution in [0, 0.1) is 0 Å². The topological polar surface area (TPSA) is 81.1 Å². The maximum atomic E-state index is 13.3. The number of amides is 1. The molecule has 2 N–H and O–H groups in total. The molecule has 0 spiro atoms. The number of para-hydroxylation sites is 2. The highest BCUT2D eigenvalue weighted by Crippen LogP contribution is 2.38. The summed E-state index contributed by atoms with van der Waals surface area (Å²) in [7, 11) is 1.48. The van der Waals surface area contributed by atoms with E-state index >= 15 is 0 Å². The van der Waals surface area contributed by atoms with Gasteiger partial charge in [0, 0.05) is 5.70 Å². The summed E-state index contributed by atoms with van der Waals surface area (Å²) in [5.41, 5.74) is 1.61. The van der Waals surface area contributed by atoms with E-state index in [1.54, 1.807) is 61.5 Å². The van der Waals surface area contributed by atoms with E-state index in [0.717, 1.165) is 4.68 Å². The first-order valence-corrected chi connectivity index (χ1v) is 9.30. The maximum Gasteiger partial charge on any atom is 0.453 e. The van der Waals surface area contributed by atoms with Crippen LogP contribution in [-0.2, 0) is 11.0 Å². The zero-order valence-corrected chi connectivity index (χ0v) is 16.6. The summed E-state index contributed by atoms with van der Waals surface area (Å²) >= 11 is 0. The SMILES string of the molecule is COc1ccccc1NC(=O)C1=C(C)Nc2nc(C(F)(F)F)nn2C1c1ccccc1. The molecule has 31 heavy (non-hydrogen) atoms. The number of nitrogens with one attached hydrogen (secondary N) is 2. The van der Waals surface area contributed by atoms with Crippen LogP contribution < -0.4 is 15.4 Å². The molecule has 0 aliphatic carbocycles. The Morgan fingerprint density at radius 3 is 2.48 bits per heavy atom. The van der Waals surface area contributed by atoms with Crippen molar-refractivity contribution in [1.29, 1.82) is 0 Å². The quantitative estimate of drug-likeness (QED) is 0.649. The summed E-state index contributed by atoms with van der Waals surface area (Å²) in [6.07, 6.45) is -4.72. The van der Waals surface area contributed by atoms with Gasteiger partial charge in [-0.3, -0.25) is 4.79 Å². The van der Waals surface area contributed by atoms with Crippen LogP contribution in [0.25, 0.3) is 0 Å². The van der Waals surface area contributed by atoms with Crippen molar-refractivity contribution in [3.8, 4) is 5.75 Å². The van der Waals surface area contributed by atoms with Gasteiger partial charge in [0.25, 0.3) is 11.7 Å². The lowest BCUT2D eigenvalue weighted by Gasteiger charge is -2.28. The Hall–Kier alpha value is -3.82. The minimum absolute atomic E-state index is 0.0903. The molecule has 0 saturated carbocycles. The van der Waals surface area contributed by atoms with Crippen molar-refractivity contribution in [3.05, 3.63) is 77.3 Å². The van der Waals surface area contributed by atoms with Crippen LogP contribution in [0.15, 0.2) is 65.9 Å². The van der Waals surface area contributed by atoms with Gasteiger partial charge in [-0.15, -0.1) is 5.10 Å². The third-order valence-corrected chi connectivity index (χ3v) is 4.82. The number of rotatable bonds is 4. The molecule has 0 fully saturated rings. The van der Waals surface area contributed by atoms with Gasteiger partial charge < -0.3 is 15.4 Å². The summed E-state index contributed by atoms with van der Waals surface area (Å²) in [6.45, 7) is 1.61. The second kappa shape index (κ2) is 7.78. The highest BCUT2D eigenvalue weighted by Gasteiger charge is 2.41. The smallest absolute Gasteiger partial charge is 0.453 e. The Bertz CT molecular complexity index is 1160. The molecule has 1 amide bonds. The van der Waals surface area contributed by atoms with Crippen LogP contribution in [-0.4, -0.2) is 27.8 Å². The van der Waals surface area contributed by atoms with Crippen molar-refractivity contribution in [2.75, 3.05) is 17.7 Å². The van der Waals surface area contributed by atoms with Crippen LogP contribution >= 0.6 is 0 Å². The zero-order valence-electron chi connectivity index (χ0n) is 16.6. The molecule has 1 atom stereocenters. The molecule has 160 valence electrons. The molecule has 0 bridgehead atoms. The number of hydrogen-bond acceptors (Lipinski definition) is 5. The normalized spacial score (nSPS) is 15.8. The first-order chi connectivity index (χ1) is 14.8. The molecule has 4 rings (SSSR count). The second-order valence-corrected chi connectivity index (χ2v) is 6.83. The highest BCUT2D eigenvalue weighted by atomic mass is 19.4. The Kier molecular flexibility index (Phi) is 5.14. The molecule has 0 saturated heterocycles. The standard InChI is InChI=1S/C21H18F3N5O2/c1-12-16(18(30)26-14-10-6-7-11-15(14)31-2)17(13-8-4-3-5-9-13)29-20(25-12)27-19(28-29)21(22,23)24/h3-11,17H,1-2H3,(H,26,30)(H,25,27,28). The van der Waals surface area contributed by atoms with E-state index in [1.165, 1.54) is 7.11 Å². The number of benzene rings is 2. The predicted molar refractivity (Wildman–Crippen MR) is 108 cm³/mol. The van der Waals surface area contributed by atoms with Crippen LogP contribution in [0.3, 0.4) is 0 Å². The molecule has 7 nitrogen and oxygen atoms in total. The number of alkyl halides is 3. The number of hydrogen-bond donors (Lipinski definition) is 2. The fourth-order valence-electron chi connectivity index (χ4n) is 3.45. The minimum Gasteiger partial charge on any atom is -0.495 e. The monoisotopic (exact) mass is 429 g/mol. The first-order valence-electron chi connectivity index (χ1n) is 9.30. The molecule has 1 aliphatic rings. The lowest BCUT2D eigenvalue weighted by atomic mass is 9.95. The Morgan fingerprint density at radius 1 is 1.13 bits per heavy atom. The molecular weight excluding hydrogens is 411 g/mol. The molecule has 2 heterocycles. The molecule has 1 unspecified atom stereocenters. The van der Waals surface area contributed by atoms with E-state index < -0.39 is 23.9 Å². The number of aromatic nitrogens is 3. The lowest BCUT2D eigenvalue weighted by molar-refractivity contribution is -0.145. The number of allylic oxidation sites excluding steroid dienone is 1. The minimum atomic E-state index is -4.72. The van der Waals surface area contributed by atoms with Gasteiger partial charge in [-0.25, -0.2) is 4.68 Å². The predicted octanol–water partition coefficient (Wildman–Crippen LogP) is 4.23. The summed E-state index contributed by atoms with van der Waals surface area (Å²) in [5, 5.41) is 9.22. The third-order valence-electron chi connectivity index (χ3n) is 4.82. The number of anilines is 2. The summed E-state index contributed by atoms with van der Waals surface area (Å²) in [5.74, 6) is -1.42. The van der Waals surface area contributed by atoms with Crippen molar-refractivity contribution < 1.29 is 22.7 Å². The fourth-order valence-corrected chi connectivity index (χ4v) is 3.45. The summed E-state index contributed by atoms with van der Waals surface area (Å²) in [6, 6.07) is 14.6. The van der Waals surface area contributed by atoms with Gasteiger partial charge in [0.15, 0.2) is 0 Å². The molecule has 1 aliphatic heterocycles. The highest BCUT2D eigenvalue weighted by molar-refractivity contribution is 6.06. The van der Waals surface area contributed by atoms with Crippen LogP contribution in [0.4, 0.5) is 24.8 Å². The van der Waals surface area contributed by atoms with Crippen LogP contribution in [0.1, 0.15) is 24.4 Å². The number of fused-ring (bicyclic) bond motifs is 1. The summed E-state index contributed by atoms with van der Waals surface area (Å²) in [4.78, 5) is 16.9. The lowest BCUT2D eigenvalue weighted by Crippen LogP contribution is -2.31. The van der Waals surface area contributed by atoms with E-state index in [4.69, 9.17) is 4.74 Å². The number of carbonyl (C=O) groups excluding carboxylic acids is 1. The van der Waals surface area contributed by atoms with Gasteiger partial charge in [-0.2, -0.15) is 18.2 Å². The van der Waals surface area contributed by atoms with Gasteiger partial charge in [0.2, 0.25) is 5.95 Å². The average molecular weight is 429 g/mol. The Labute approximate surface area is 175 Å². The summed E-state index contributed by atoms with van der Waals surface area (Å²) < 4.78 is 46.1. The van der Waals surface area contributed by atoms with E-state index in [9.17, 15) is 18.0 Å². The van der Waals surface area contributed by atoms with Crippen molar-refractivity contribution in [2.45, 2.75) is 19.1 Å². The molecule has 3 aromatic rings. The molecular formula is C21H18F3N5O2. The van der Waals surface area contributed by atoms with Crippen LogP contribution in [0.5, 0.6) is 5.75 Å². The number of methoxy groups -OCH3 is 1. The number of ether oxygens (including phenoxy) is 1. The molecule has 0 radical (unpaired) electrons. The molecule has 1 aromatic heterocycles. The molecule has 2 aromatic carbocycles. The van der Waals surface area contributed by atoms with Gasteiger partial charge in [-0.05, 0) is 24.6 Å². The Balaban J connectivity index is 1.80. The maximum absolute atomic E-state index is 13.3. The molecule has 10 heteroatoms. The zero-order chi connectivity index (χ0) is 22.2. The number of halogens is 3. The van der Waals surface area contributed by atoms with Crippen molar-refractivity contribution in [3.63, 3.8) is 0 Å². The number of nitrogens with zero attached hydrogens (tertiary/aromatic N) is 3. The largest absolute Gasteiger partial charge is 0.495 e. The fraction of sp³-hybridized carbons (Fsp3) is 0.190. The van der Waals surface area contributed by atoms with E-state index in [0.29, 0.717) is 22.7 Å². The van der Waals surface area contributed by atoms with Gasteiger partial charge in [0.05, 0.1) is 18.4 Å². The van der Waals surface area contributed by atoms with Crippen molar-refractivity contribution >= 4 is 17.5 Å². The van der Waals surface area contributed by atoms with Gasteiger partial charge >= 0.3 is 6.18 Å². The van der Waals surface area contributed by atoms with Crippen LogP contribution in [0.2, 0.25) is 0 Å². The van der Waals surface area contributed by atoms with Crippen molar-refractivity contribution in [2.24, 2.45) is 0 Å². The van der Waals surface area contributed by atoms with Gasteiger partial charge in [0.1, 0.15) is 11.8 Å². The number of carbonyl (C=O) groups is 1. The van der Waals surface area contributed by atoms with Gasteiger partial charge in [-0.1, -0.05) is 42.5 Å². The van der Waals surface area contributed by atoms with Crippen molar-refractivity contribution in [1.82, 2.24) is 14.8 Å². The van der Waals surface area contributed by atoms with E-state index in [2.05, 4.69) is 20.7 Å². The first kappa shape index (κ1) is 20.5. The third kappa shape index (κ3) is 3.83. The average Bonchev–Trinajstić information content (AvgIpc) is 3.18. The van der Waals surface area contributed by atoms with E-state index in [1.807, 2.05) is 0 Å². The van der Waals surface area contributed by atoms with E-state index in [-0.39, 0.29) is 11.5 Å². The second-order valence-electron chi connectivity index (χ2n) is 6.83.